The Morgan fingerprint density at radius 1 is 1.33 bits per heavy atom. The maximum absolute atomic E-state index is 11.7. The van der Waals surface area contributed by atoms with Crippen LogP contribution >= 0.6 is 0 Å². The summed E-state index contributed by atoms with van der Waals surface area (Å²) in [4.78, 5) is 22.4. The minimum atomic E-state index is -1.11. The van der Waals surface area contributed by atoms with Crippen molar-refractivity contribution in [2.24, 2.45) is 0 Å². The highest BCUT2D eigenvalue weighted by Gasteiger charge is 2.16. The van der Waals surface area contributed by atoms with Crippen LogP contribution in [0.1, 0.15) is 16.7 Å². The smallest absolute Gasteiger partial charge is 0.340 e. The van der Waals surface area contributed by atoms with Gasteiger partial charge in [-0.25, -0.2) is 4.79 Å². The molecule has 0 bridgehead atoms. The summed E-state index contributed by atoms with van der Waals surface area (Å²) < 4.78 is 5.06. The highest BCUT2D eigenvalue weighted by atomic mass is 16.4. The van der Waals surface area contributed by atoms with Gasteiger partial charge in [-0.1, -0.05) is 0 Å². The maximum atomic E-state index is 11.7. The molecule has 0 aliphatic rings. The van der Waals surface area contributed by atoms with Crippen molar-refractivity contribution in [3.63, 3.8) is 0 Å². The number of aliphatic carboxylic acids is 1. The molecular formula is C13H12O5. The summed E-state index contributed by atoms with van der Waals surface area (Å²) in [7, 11) is 0. The van der Waals surface area contributed by atoms with Crippen LogP contribution in [0.3, 0.4) is 0 Å². The first-order valence-corrected chi connectivity index (χ1v) is 5.38. The van der Waals surface area contributed by atoms with Crippen LogP contribution in [-0.4, -0.2) is 16.2 Å². The second-order valence-electron chi connectivity index (χ2n) is 4.22. The number of aromatic hydroxyl groups is 1. The summed E-state index contributed by atoms with van der Waals surface area (Å²) >= 11 is 0. The van der Waals surface area contributed by atoms with Crippen LogP contribution in [0.25, 0.3) is 11.0 Å². The van der Waals surface area contributed by atoms with Crippen molar-refractivity contribution in [2.75, 3.05) is 0 Å². The molecule has 5 nitrogen and oxygen atoms in total. The lowest BCUT2D eigenvalue weighted by molar-refractivity contribution is -0.136. The molecule has 0 aliphatic heterocycles. The van der Waals surface area contributed by atoms with Crippen molar-refractivity contribution < 1.29 is 19.4 Å². The van der Waals surface area contributed by atoms with Crippen molar-refractivity contribution in [1.82, 2.24) is 0 Å². The number of phenols is 1. The molecule has 1 aromatic heterocycles. The molecule has 0 radical (unpaired) electrons. The second kappa shape index (κ2) is 4.18. The molecule has 0 amide bonds. The van der Waals surface area contributed by atoms with Crippen LogP contribution in [0.15, 0.2) is 21.3 Å². The lowest BCUT2D eigenvalue weighted by Gasteiger charge is -2.08. The molecule has 2 rings (SSSR count). The molecule has 0 unspecified atom stereocenters. The van der Waals surface area contributed by atoms with E-state index >= 15 is 0 Å². The zero-order chi connectivity index (χ0) is 13.4. The van der Waals surface area contributed by atoms with E-state index in [0.29, 0.717) is 10.9 Å². The Morgan fingerprint density at radius 2 is 2.00 bits per heavy atom. The van der Waals surface area contributed by atoms with Crippen molar-refractivity contribution in [3.05, 3.63) is 39.2 Å². The number of hydrogen-bond donors (Lipinski definition) is 2. The standard InChI is InChI=1S/C13H12O5/c1-6-3-9(14)12-7(2)8(5-11(15)16)13(17)18-10(12)4-6/h3-4,14H,5H2,1-2H3,(H,15,16). The average Bonchev–Trinajstić information content (AvgIpc) is 2.22. The second-order valence-corrected chi connectivity index (χ2v) is 4.22. The number of carboxylic acid groups (broad SMARTS) is 1. The molecule has 94 valence electrons. The Labute approximate surface area is 102 Å². The van der Waals surface area contributed by atoms with Gasteiger partial charge in [0.25, 0.3) is 0 Å². The normalized spacial score (nSPS) is 10.8. The number of carbonyl (C=O) groups is 1. The predicted octanol–water partition coefficient (Wildman–Crippen LogP) is 1.74. The summed E-state index contributed by atoms with van der Waals surface area (Å²) in [6, 6.07) is 3.17. The van der Waals surface area contributed by atoms with Gasteiger partial charge in [-0.2, -0.15) is 0 Å². The van der Waals surface area contributed by atoms with Crippen LogP contribution in [0.2, 0.25) is 0 Å². The fourth-order valence-corrected chi connectivity index (χ4v) is 2.01. The summed E-state index contributed by atoms with van der Waals surface area (Å²) in [5.74, 6) is -1.13. The van der Waals surface area contributed by atoms with E-state index in [0.717, 1.165) is 5.56 Å². The van der Waals surface area contributed by atoms with Gasteiger partial charge in [0, 0.05) is 0 Å². The molecule has 0 saturated heterocycles. The van der Waals surface area contributed by atoms with E-state index in [1.54, 1.807) is 26.0 Å². The topological polar surface area (TPSA) is 87.7 Å². The Balaban J connectivity index is 2.85. The predicted molar refractivity (Wildman–Crippen MR) is 65.0 cm³/mol. The van der Waals surface area contributed by atoms with Crippen LogP contribution in [0, 0.1) is 13.8 Å². The quantitative estimate of drug-likeness (QED) is 0.790. The van der Waals surface area contributed by atoms with E-state index in [1.807, 2.05) is 0 Å². The third kappa shape index (κ3) is 1.95. The van der Waals surface area contributed by atoms with Gasteiger partial charge in [0.2, 0.25) is 0 Å². The van der Waals surface area contributed by atoms with Crippen LogP contribution in [0.5, 0.6) is 5.75 Å². The number of carboxylic acids is 1. The fourth-order valence-electron chi connectivity index (χ4n) is 2.01. The lowest BCUT2D eigenvalue weighted by atomic mass is 10.0. The van der Waals surface area contributed by atoms with Gasteiger partial charge in [0.05, 0.1) is 17.4 Å². The molecular weight excluding hydrogens is 236 g/mol. The Hall–Kier alpha value is -2.30. The molecule has 2 N–H and O–H groups in total. The number of benzene rings is 1. The number of fused-ring (bicyclic) bond motifs is 1. The van der Waals surface area contributed by atoms with E-state index in [2.05, 4.69) is 0 Å². The molecule has 1 heterocycles. The molecule has 0 fully saturated rings. The maximum Gasteiger partial charge on any atom is 0.340 e. The molecule has 18 heavy (non-hydrogen) atoms. The van der Waals surface area contributed by atoms with Gasteiger partial charge in [0.15, 0.2) is 0 Å². The third-order valence-electron chi connectivity index (χ3n) is 2.83. The summed E-state index contributed by atoms with van der Waals surface area (Å²) in [6.07, 6.45) is -0.419. The van der Waals surface area contributed by atoms with Gasteiger partial charge in [-0.15, -0.1) is 0 Å². The van der Waals surface area contributed by atoms with Gasteiger partial charge in [0.1, 0.15) is 11.3 Å². The molecule has 0 aliphatic carbocycles. The highest BCUT2D eigenvalue weighted by molar-refractivity contribution is 5.88. The van der Waals surface area contributed by atoms with Crippen molar-refractivity contribution in [3.8, 4) is 5.75 Å². The molecule has 5 heteroatoms. The number of aryl methyl sites for hydroxylation is 2. The zero-order valence-corrected chi connectivity index (χ0v) is 9.98. The zero-order valence-electron chi connectivity index (χ0n) is 9.98. The Morgan fingerprint density at radius 3 is 2.61 bits per heavy atom. The average molecular weight is 248 g/mol. The minimum Gasteiger partial charge on any atom is -0.507 e. The SMILES string of the molecule is Cc1cc(O)c2c(C)c(CC(=O)O)c(=O)oc2c1. The fraction of sp³-hybridized carbons (Fsp3) is 0.231. The first kappa shape index (κ1) is 12.2. The van der Waals surface area contributed by atoms with Crippen LogP contribution in [-0.2, 0) is 11.2 Å². The lowest BCUT2D eigenvalue weighted by Crippen LogP contribution is -2.14. The molecule has 0 saturated carbocycles. The first-order valence-electron chi connectivity index (χ1n) is 5.38. The Bertz CT molecular complexity index is 697. The minimum absolute atomic E-state index is 0.0158. The largest absolute Gasteiger partial charge is 0.507 e. The van der Waals surface area contributed by atoms with Gasteiger partial charge < -0.3 is 14.6 Å². The Kier molecular flexibility index (Phi) is 2.82. The number of phenolic OH excluding ortho intramolecular Hbond substituents is 1. The van der Waals surface area contributed by atoms with Crippen LogP contribution < -0.4 is 5.63 Å². The van der Waals surface area contributed by atoms with Gasteiger partial charge in [-0.3, -0.25) is 4.79 Å². The van der Waals surface area contributed by atoms with Crippen molar-refractivity contribution >= 4 is 16.9 Å². The van der Waals surface area contributed by atoms with E-state index in [9.17, 15) is 14.7 Å². The summed E-state index contributed by atoms with van der Waals surface area (Å²) in [6.45, 7) is 3.37. The van der Waals surface area contributed by atoms with Gasteiger partial charge >= 0.3 is 11.6 Å². The van der Waals surface area contributed by atoms with Gasteiger partial charge in [-0.05, 0) is 37.1 Å². The van der Waals surface area contributed by atoms with E-state index in [-0.39, 0.29) is 16.9 Å². The first-order chi connectivity index (χ1) is 8.40. The highest BCUT2D eigenvalue weighted by Crippen LogP contribution is 2.29. The van der Waals surface area contributed by atoms with E-state index < -0.39 is 18.0 Å². The van der Waals surface area contributed by atoms with E-state index in [4.69, 9.17) is 9.52 Å². The number of hydrogen-bond acceptors (Lipinski definition) is 4. The summed E-state index contributed by atoms with van der Waals surface area (Å²) in [5, 5.41) is 19.0. The van der Waals surface area contributed by atoms with Crippen molar-refractivity contribution in [2.45, 2.75) is 20.3 Å². The third-order valence-corrected chi connectivity index (χ3v) is 2.83. The molecule has 2 aromatic rings. The molecule has 0 atom stereocenters. The van der Waals surface area contributed by atoms with Crippen LogP contribution in [0.4, 0.5) is 0 Å². The van der Waals surface area contributed by atoms with E-state index in [1.165, 1.54) is 0 Å². The molecule has 0 spiro atoms. The number of rotatable bonds is 2. The monoisotopic (exact) mass is 248 g/mol. The molecule has 1 aromatic carbocycles. The summed E-state index contributed by atoms with van der Waals surface area (Å²) in [5.41, 5.74) is 0.861. The van der Waals surface area contributed by atoms with Crippen molar-refractivity contribution in [1.29, 1.82) is 0 Å².